The van der Waals surface area contributed by atoms with Crippen molar-refractivity contribution in [3.63, 3.8) is 0 Å². The van der Waals surface area contributed by atoms with Crippen molar-refractivity contribution < 1.29 is 14.2 Å². The third-order valence-electron chi connectivity index (χ3n) is 6.32. The molecule has 4 nitrogen and oxygen atoms in total. The van der Waals surface area contributed by atoms with Gasteiger partial charge >= 0.3 is 0 Å². The van der Waals surface area contributed by atoms with E-state index in [1.807, 2.05) is 36.4 Å². The molecule has 0 aromatic heterocycles. The summed E-state index contributed by atoms with van der Waals surface area (Å²) in [6.07, 6.45) is 0. The molecule has 5 heteroatoms. The number of nitrogens with zero attached hydrogens (tertiary/aromatic N) is 1. The number of hydrogen-bond donors (Lipinski definition) is 0. The molecule has 0 amide bonds. The molecule has 0 bridgehead atoms. The number of hydrogen-bond acceptors (Lipinski definition) is 4. The van der Waals surface area contributed by atoms with Crippen LogP contribution in [0.3, 0.4) is 0 Å². The lowest BCUT2D eigenvalue weighted by molar-refractivity contribution is 0.348. The Hall–Kier alpha value is -3.99. The molecule has 0 saturated carbocycles. The largest absolute Gasteiger partial charge is 0.476 e. The lowest BCUT2D eigenvalue weighted by Crippen LogP contribution is -2.57. The summed E-state index contributed by atoms with van der Waals surface area (Å²) >= 11 is 0. The van der Waals surface area contributed by atoms with Crippen LogP contribution < -0.4 is 25.9 Å². The Morgan fingerprint density at radius 1 is 0.625 bits per heavy atom. The maximum Gasteiger partial charge on any atom is 0.260 e. The second kappa shape index (κ2) is 6.76. The van der Waals surface area contributed by atoms with E-state index in [0.29, 0.717) is 19.0 Å². The number of aliphatic imine (C=N–C) groups is 1. The molecule has 7 rings (SSSR count). The minimum absolute atomic E-state index is 0.0940. The molecular formula is C27H18BNO3. The van der Waals surface area contributed by atoms with E-state index in [4.69, 9.17) is 14.2 Å². The van der Waals surface area contributed by atoms with E-state index in [2.05, 4.69) is 53.5 Å². The van der Waals surface area contributed by atoms with Crippen LogP contribution in [0.2, 0.25) is 0 Å². The average Bonchev–Trinajstić information content (AvgIpc) is 3.39. The first-order chi connectivity index (χ1) is 15.8. The molecule has 0 spiro atoms. The highest BCUT2D eigenvalue weighted by Gasteiger charge is 2.40. The minimum atomic E-state index is 0.0940. The number of ether oxygens (including phenoxy) is 3. The summed E-state index contributed by atoms with van der Waals surface area (Å²) in [6.45, 7) is 1.45. The molecule has 0 N–H and O–H groups in total. The molecule has 0 radical (unpaired) electrons. The summed E-state index contributed by atoms with van der Waals surface area (Å²) in [5.74, 6) is 4.19. The number of para-hydroxylation sites is 2. The first-order valence-corrected chi connectivity index (χ1v) is 10.8. The van der Waals surface area contributed by atoms with Crippen LogP contribution in [0, 0.1) is 0 Å². The molecule has 0 fully saturated rings. The van der Waals surface area contributed by atoms with Gasteiger partial charge in [0.1, 0.15) is 29.6 Å². The molecule has 3 aliphatic rings. The Morgan fingerprint density at radius 2 is 1.28 bits per heavy atom. The minimum Gasteiger partial charge on any atom is -0.476 e. The van der Waals surface area contributed by atoms with Crippen LogP contribution in [0.5, 0.6) is 23.0 Å². The number of fused-ring (bicyclic) bond motifs is 4. The summed E-state index contributed by atoms with van der Waals surface area (Å²) in [6, 6.07) is 29.1. The monoisotopic (exact) mass is 415 g/mol. The Balaban J connectivity index is 1.42. The van der Waals surface area contributed by atoms with E-state index in [-0.39, 0.29) is 6.71 Å². The highest BCUT2D eigenvalue weighted by Crippen LogP contribution is 2.38. The van der Waals surface area contributed by atoms with Gasteiger partial charge in [-0.2, -0.15) is 0 Å². The smallest absolute Gasteiger partial charge is 0.260 e. The van der Waals surface area contributed by atoms with Crippen molar-refractivity contribution in [1.82, 2.24) is 0 Å². The summed E-state index contributed by atoms with van der Waals surface area (Å²) in [7, 11) is 0. The fourth-order valence-electron chi connectivity index (χ4n) is 4.90. The summed E-state index contributed by atoms with van der Waals surface area (Å²) in [5, 5.41) is 0. The number of rotatable bonds is 2. The second-order valence-corrected chi connectivity index (χ2v) is 8.22. The molecule has 32 heavy (non-hydrogen) atoms. The summed E-state index contributed by atoms with van der Waals surface area (Å²) in [4.78, 5) is 4.46. The molecule has 0 aliphatic carbocycles. The quantitative estimate of drug-likeness (QED) is 0.404. The fraction of sp³-hybridized carbons (Fsp3) is 0.0741. The van der Waals surface area contributed by atoms with E-state index in [9.17, 15) is 0 Å². The van der Waals surface area contributed by atoms with Gasteiger partial charge in [-0.25, -0.2) is 4.99 Å². The SMILES string of the molecule is c1cc(C2=NCCO2)cc(-c2cc3c4c(c2)Oc2ccccc2B4c2ccccc2O3)c1. The van der Waals surface area contributed by atoms with Gasteiger partial charge < -0.3 is 14.2 Å². The molecule has 4 aromatic rings. The van der Waals surface area contributed by atoms with Crippen molar-refractivity contribution in [3.8, 4) is 34.1 Å². The highest BCUT2D eigenvalue weighted by atomic mass is 16.5. The van der Waals surface area contributed by atoms with Gasteiger partial charge in [-0.15, -0.1) is 0 Å². The van der Waals surface area contributed by atoms with Crippen LogP contribution in [0.25, 0.3) is 11.1 Å². The van der Waals surface area contributed by atoms with Gasteiger partial charge in [0.15, 0.2) is 0 Å². The van der Waals surface area contributed by atoms with Crippen molar-refractivity contribution in [2.24, 2.45) is 4.99 Å². The van der Waals surface area contributed by atoms with E-state index in [1.54, 1.807) is 0 Å². The van der Waals surface area contributed by atoms with Gasteiger partial charge in [-0.3, -0.25) is 0 Å². The zero-order chi connectivity index (χ0) is 21.1. The molecule has 3 aliphatic heterocycles. The lowest BCUT2D eigenvalue weighted by Gasteiger charge is -2.33. The molecule has 0 unspecified atom stereocenters. The molecular weight excluding hydrogens is 397 g/mol. The zero-order valence-electron chi connectivity index (χ0n) is 17.2. The lowest BCUT2D eigenvalue weighted by atomic mass is 9.35. The Kier molecular flexibility index (Phi) is 3.73. The molecule has 4 aromatic carbocycles. The Bertz CT molecular complexity index is 1360. The van der Waals surface area contributed by atoms with Crippen molar-refractivity contribution in [1.29, 1.82) is 0 Å². The summed E-state index contributed by atoms with van der Waals surface area (Å²) < 4.78 is 18.5. The van der Waals surface area contributed by atoms with Crippen molar-refractivity contribution in [2.45, 2.75) is 0 Å². The maximum atomic E-state index is 6.40. The van der Waals surface area contributed by atoms with Gasteiger partial charge in [0, 0.05) is 11.0 Å². The fourth-order valence-corrected chi connectivity index (χ4v) is 4.90. The summed E-state index contributed by atoms with van der Waals surface area (Å²) in [5.41, 5.74) is 6.52. The van der Waals surface area contributed by atoms with Gasteiger partial charge in [0.25, 0.3) is 6.71 Å². The van der Waals surface area contributed by atoms with Gasteiger partial charge in [0.05, 0.1) is 6.54 Å². The van der Waals surface area contributed by atoms with Gasteiger partial charge in [-0.05, 0) is 58.5 Å². The Morgan fingerprint density at radius 3 is 1.94 bits per heavy atom. The second-order valence-electron chi connectivity index (χ2n) is 8.22. The third kappa shape index (κ3) is 2.61. The van der Waals surface area contributed by atoms with Gasteiger partial charge in [-0.1, -0.05) is 48.5 Å². The molecule has 152 valence electrons. The molecule has 0 saturated heterocycles. The highest BCUT2D eigenvalue weighted by molar-refractivity contribution is 6.98. The third-order valence-corrected chi connectivity index (χ3v) is 6.32. The maximum absolute atomic E-state index is 6.40. The van der Waals surface area contributed by atoms with Crippen molar-refractivity contribution >= 4 is 29.0 Å². The van der Waals surface area contributed by atoms with Crippen LogP contribution in [-0.2, 0) is 4.74 Å². The van der Waals surface area contributed by atoms with Crippen molar-refractivity contribution in [3.05, 3.63) is 90.5 Å². The van der Waals surface area contributed by atoms with Crippen LogP contribution >= 0.6 is 0 Å². The predicted octanol–water partition coefficient (Wildman–Crippen LogP) is 3.86. The van der Waals surface area contributed by atoms with Gasteiger partial charge in [0.2, 0.25) is 5.90 Å². The van der Waals surface area contributed by atoms with Crippen LogP contribution in [-0.4, -0.2) is 25.8 Å². The predicted molar refractivity (Wildman–Crippen MR) is 127 cm³/mol. The first kappa shape index (κ1) is 17.7. The first-order valence-electron chi connectivity index (χ1n) is 10.8. The van der Waals surface area contributed by atoms with Crippen molar-refractivity contribution in [2.75, 3.05) is 13.2 Å². The number of benzene rings is 4. The average molecular weight is 415 g/mol. The van der Waals surface area contributed by atoms with Crippen LogP contribution in [0.1, 0.15) is 5.56 Å². The standard InChI is InChI=1S/C27H18BNO3/c1-3-10-22-20(8-1)28-21-9-2-4-11-23(21)32-25-16-19(15-24(31-22)26(25)28)17-6-5-7-18(14-17)27-29-12-13-30-27/h1-11,14-16H,12-13H2. The van der Waals surface area contributed by atoms with E-state index >= 15 is 0 Å². The van der Waals surface area contributed by atoms with E-state index < -0.39 is 0 Å². The molecule has 3 heterocycles. The molecule has 0 atom stereocenters. The van der Waals surface area contributed by atoms with E-state index in [1.165, 1.54) is 10.9 Å². The van der Waals surface area contributed by atoms with Crippen LogP contribution in [0.15, 0.2) is 89.9 Å². The zero-order valence-corrected chi connectivity index (χ0v) is 17.2. The van der Waals surface area contributed by atoms with E-state index in [0.717, 1.165) is 45.2 Å². The normalized spacial score (nSPS) is 14.9. The topological polar surface area (TPSA) is 40.0 Å². The van der Waals surface area contributed by atoms with Crippen LogP contribution in [0.4, 0.5) is 0 Å². The Labute approximate surface area is 186 Å².